The number of nitrogens with zero attached hydrogens (tertiary/aromatic N) is 1. The summed E-state index contributed by atoms with van der Waals surface area (Å²) in [6, 6.07) is 4.65. The van der Waals surface area contributed by atoms with Gasteiger partial charge in [0.2, 0.25) is 5.88 Å². The molecule has 0 radical (unpaired) electrons. The van der Waals surface area contributed by atoms with E-state index in [1.165, 1.54) is 13.3 Å². The Kier molecular flexibility index (Phi) is 3.69. The number of H-pyrrole nitrogens is 1. The highest BCUT2D eigenvalue weighted by atomic mass is 16.5. The van der Waals surface area contributed by atoms with Crippen LogP contribution in [0.15, 0.2) is 24.4 Å². The molecule has 0 saturated heterocycles. The lowest BCUT2D eigenvalue weighted by atomic mass is 10.2. The quantitative estimate of drug-likeness (QED) is 0.787. The number of anilines is 1. The number of carboxylic acids is 1. The minimum atomic E-state index is -1.14. The van der Waals surface area contributed by atoms with E-state index >= 15 is 0 Å². The third-order valence-corrected chi connectivity index (χ3v) is 2.62. The maximum Gasteiger partial charge on any atom is 0.354 e. The van der Waals surface area contributed by atoms with E-state index in [1.807, 2.05) is 0 Å². The molecule has 0 spiro atoms. The van der Waals surface area contributed by atoms with Gasteiger partial charge in [0.1, 0.15) is 5.69 Å². The molecule has 0 atom stereocenters. The summed E-state index contributed by atoms with van der Waals surface area (Å²) in [7, 11) is 1.48. The van der Waals surface area contributed by atoms with Gasteiger partial charge in [-0.05, 0) is 19.1 Å². The standard InChI is InChI=1S/C13H13N3O4/c1-7-5-9(11(15-7)13(18)19)16-12(17)8-3-4-10(20-2)14-6-8/h3-6,15H,1-2H3,(H,16,17)(H,18,19). The maximum atomic E-state index is 12.0. The van der Waals surface area contributed by atoms with Crippen LogP contribution in [0.2, 0.25) is 0 Å². The van der Waals surface area contributed by atoms with Gasteiger partial charge < -0.3 is 20.1 Å². The molecule has 1 amide bonds. The molecule has 0 aromatic carbocycles. The van der Waals surface area contributed by atoms with Crippen LogP contribution in [0.25, 0.3) is 0 Å². The Morgan fingerprint density at radius 1 is 1.40 bits per heavy atom. The molecule has 0 bridgehead atoms. The number of hydrogen-bond donors (Lipinski definition) is 3. The van der Waals surface area contributed by atoms with Crippen LogP contribution in [0.3, 0.4) is 0 Å². The average Bonchev–Trinajstić information content (AvgIpc) is 2.80. The number of hydrogen-bond acceptors (Lipinski definition) is 4. The van der Waals surface area contributed by atoms with Crippen LogP contribution in [-0.4, -0.2) is 34.1 Å². The molecule has 0 unspecified atom stereocenters. The Labute approximate surface area is 114 Å². The number of carbonyl (C=O) groups is 2. The van der Waals surface area contributed by atoms with Gasteiger partial charge in [0.05, 0.1) is 18.4 Å². The molecule has 0 saturated carbocycles. The van der Waals surface area contributed by atoms with E-state index in [0.29, 0.717) is 17.1 Å². The Bertz CT molecular complexity index is 646. The van der Waals surface area contributed by atoms with Crippen molar-refractivity contribution < 1.29 is 19.4 Å². The number of aryl methyl sites for hydroxylation is 1. The summed E-state index contributed by atoms with van der Waals surface area (Å²) in [6.07, 6.45) is 1.36. The lowest BCUT2D eigenvalue weighted by Gasteiger charge is -2.05. The van der Waals surface area contributed by atoms with Crippen LogP contribution in [-0.2, 0) is 0 Å². The number of aromatic nitrogens is 2. The van der Waals surface area contributed by atoms with E-state index in [4.69, 9.17) is 9.84 Å². The number of ether oxygens (including phenoxy) is 1. The molecule has 104 valence electrons. The van der Waals surface area contributed by atoms with Crippen molar-refractivity contribution in [2.24, 2.45) is 0 Å². The molecule has 2 rings (SSSR count). The molecule has 7 nitrogen and oxygen atoms in total. The topological polar surface area (TPSA) is 104 Å². The first-order valence-corrected chi connectivity index (χ1v) is 5.75. The molecule has 0 aliphatic rings. The van der Waals surface area contributed by atoms with Crippen LogP contribution in [0, 0.1) is 6.92 Å². The molecular weight excluding hydrogens is 262 g/mol. The van der Waals surface area contributed by atoms with E-state index in [-0.39, 0.29) is 11.4 Å². The highest BCUT2D eigenvalue weighted by Gasteiger charge is 2.16. The van der Waals surface area contributed by atoms with Crippen molar-refractivity contribution in [1.82, 2.24) is 9.97 Å². The fraction of sp³-hybridized carbons (Fsp3) is 0.154. The third kappa shape index (κ3) is 2.77. The van der Waals surface area contributed by atoms with E-state index in [1.54, 1.807) is 25.1 Å². The van der Waals surface area contributed by atoms with E-state index < -0.39 is 11.9 Å². The second kappa shape index (κ2) is 5.43. The molecule has 20 heavy (non-hydrogen) atoms. The number of aromatic carboxylic acids is 1. The summed E-state index contributed by atoms with van der Waals surface area (Å²) >= 11 is 0. The third-order valence-electron chi connectivity index (χ3n) is 2.62. The van der Waals surface area contributed by atoms with Crippen molar-refractivity contribution in [3.8, 4) is 5.88 Å². The van der Waals surface area contributed by atoms with Gasteiger partial charge in [0, 0.05) is 18.0 Å². The minimum Gasteiger partial charge on any atom is -0.481 e. The first-order chi connectivity index (χ1) is 9.51. The summed E-state index contributed by atoms with van der Waals surface area (Å²) in [5.74, 6) is -1.19. The summed E-state index contributed by atoms with van der Waals surface area (Å²) < 4.78 is 4.90. The highest BCUT2D eigenvalue weighted by Crippen LogP contribution is 2.18. The van der Waals surface area contributed by atoms with Crippen molar-refractivity contribution in [3.05, 3.63) is 41.3 Å². The molecule has 0 aliphatic carbocycles. The van der Waals surface area contributed by atoms with E-state index in [2.05, 4.69) is 15.3 Å². The molecule has 2 aromatic rings. The number of methoxy groups -OCH3 is 1. The summed E-state index contributed by atoms with van der Waals surface area (Å²) in [5.41, 5.74) is 1.11. The van der Waals surface area contributed by atoms with E-state index in [0.717, 1.165) is 0 Å². The fourth-order valence-corrected chi connectivity index (χ4v) is 1.69. The maximum absolute atomic E-state index is 12.0. The molecule has 0 aliphatic heterocycles. The summed E-state index contributed by atoms with van der Waals surface area (Å²) in [4.78, 5) is 29.6. The van der Waals surface area contributed by atoms with Gasteiger partial charge in [-0.15, -0.1) is 0 Å². The highest BCUT2D eigenvalue weighted by molar-refractivity contribution is 6.07. The van der Waals surface area contributed by atoms with Gasteiger partial charge >= 0.3 is 5.97 Å². The zero-order valence-corrected chi connectivity index (χ0v) is 10.9. The lowest BCUT2D eigenvalue weighted by Crippen LogP contribution is -2.14. The number of rotatable bonds is 4. The second-order valence-electron chi connectivity index (χ2n) is 4.09. The van der Waals surface area contributed by atoms with Crippen LogP contribution in [0.1, 0.15) is 26.5 Å². The average molecular weight is 275 g/mol. The van der Waals surface area contributed by atoms with Crippen LogP contribution in [0.5, 0.6) is 5.88 Å². The number of nitrogens with one attached hydrogen (secondary N) is 2. The molecule has 3 N–H and O–H groups in total. The monoisotopic (exact) mass is 275 g/mol. The number of carbonyl (C=O) groups excluding carboxylic acids is 1. The van der Waals surface area contributed by atoms with Crippen molar-refractivity contribution in [2.45, 2.75) is 6.92 Å². The summed E-state index contributed by atoms with van der Waals surface area (Å²) in [6.45, 7) is 1.71. The SMILES string of the molecule is COc1ccc(C(=O)Nc2cc(C)[nH]c2C(=O)O)cn1. The number of aromatic amines is 1. The first-order valence-electron chi connectivity index (χ1n) is 5.75. The molecule has 2 heterocycles. The fourth-order valence-electron chi connectivity index (χ4n) is 1.69. The Hall–Kier alpha value is -2.83. The Balaban J connectivity index is 2.20. The minimum absolute atomic E-state index is 0.0580. The van der Waals surface area contributed by atoms with Gasteiger partial charge in [-0.1, -0.05) is 0 Å². The van der Waals surface area contributed by atoms with Gasteiger partial charge in [-0.3, -0.25) is 4.79 Å². The summed E-state index contributed by atoms with van der Waals surface area (Å²) in [5, 5.41) is 11.6. The van der Waals surface area contributed by atoms with E-state index in [9.17, 15) is 9.59 Å². The zero-order chi connectivity index (χ0) is 14.7. The van der Waals surface area contributed by atoms with Gasteiger partial charge in [-0.25, -0.2) is 9.78 Å². The Morgan fingerprint density at radius 3 is 2.70 bits per heavy atom. The van der Waals surface area contributed by atoms with Crippen molar-refractivity contribution in [3.63, 3.8) is 0 Å². The van der Waals surface area contributed by atoms with Crippen molar-refractivity contribution in [2.75, 3.05) is 12.4 Å². The zero-order valence-electron chi connectivity index (χ0n) is 10.9. The molecule has 7 heteroatoms. The van der Waals surface area contributed by atoms with Crippen LogP contribution >= 0.6 is 0 Å². The predicted molar refractivity (Wildman–Crippen MR) is 71.2 cm³/mol. The van der Waals surface area contributed by atoms with Crippen molar-refractivity contribution in [1.29, 1.82) is 0 Å². The number of amides is 1. The smallest absolute Gasteiger partial charge is 0.354 e. The Morgan fingerprint density at radius 2 is 2.15 bits per heavy atom. The lowest BCUT2D eigenvalue weighted by molar-refractivity contribution is 0.0692. The number of carboxylic acid groups (broad SMARTS) is 1. The normalized spacial score (nSPS) is 10.1. The largest absolute Gasteiger partial charge is 0.481 e. The molecular formula is C13H13N3O4. The molecule has 2 aromatic heterocycles. The van der Waals surface area contributed by atoms with Crippen molar-refractivity contribution >= 4 is 17.6 Å². The number of pyridine rings is 1. The van der Waals surface area contributed by atoms with Crippen LogP contribution < -0.4 is 10.1 Å². The first kappa shape index (κ1) is 13.6. The molecule has 0 fully saturated rings. The second-order valence-corrected chi connectivity index (χ2v) is 4.09. The van der Waals surface area contributed by atoms with Crippen LogP contribution in [0.4, 0.5) is 5.69 Å². The van der Waals surface area contributed by atoms with Gasteiger partial charge in [0.25, 0.3) is 5.91 Å². The predicted octanol–water partition coefficient (Wildman–Crippen LogP) is 1.68. The van der Waals surface area contributed by atoms with Gasteiger partial charge in [0.15, 0.2) is 0 Å². The van der Waals surface area contributed by atoms with Gasteiger partial charge in [-0.2, -0.15) is 0 Å².